The quantitative estimate of drug-likeness (QED) is 0.183. The van der Waals surface area contributed by atoms with Gasteiger partial charge in [0, 0.05) is 25.2 Å². The Labute approximate surface area is 242 Å². The predicted molar refractivity (Wildman–Crippen MR) is 159 cm³/mol. The molecule has 1 heterocycles. The topological polar surface area (TPSA) is 77.1 Å². The van der Waals surface area contributed by atoms with E-state index < -0.39 is 17.7 Å². The van der Waals surface area contributed by atoms with Crippen LogP contribution < -0.4 is 10.1 Å². The molecule has 3 aromatic carbocycles. The first-order valence-corrected chi connectivity index (χ1v) is 14.2. The maximum Gasteiger partial charge on any atom is 0.411 e. The molecule has 1 saturated carbocycles. The number of carbonyl (C=O) groups is 2. The molecule has 7 nitrogen and oxygen atoms in total. The Bertz CT molecular complexity index is 1350. The fourth-order valence-electron chi connectivity index (χ4n) is 5.75. The van der Waals surface area contributed by atoms with E-state index in [4.69, 9.17) is 14.2 Å². The van der Waals surface area contributed by atoms with E-state index in [2.05, 4.69) is 10.2 Å². The van der Waals surface area contributed by atoms with Gasteiger partial charge in [0.2, 0.25) is 0 Å². The Morgan fingerprint density at radius 3 is 2.24 bits per heavy atom. The van der Waals surface area contributed by atoms with Crippen molar-refractivity contribution >= 4 is 17.7 Å². The van der Waals surface area contributed by atoms with Crippen molar-refractivity contribution in [3.8, 4) is 16.9 Å². The van der Waals surface area contributed by atoms with Crippen molar-refractivity contribution in [2.24, 2.45) is 11.8 Å². The number of hydrogen-bond donors (Lipinski definition) is 1. The standard InChI is InChI=1S/C34H38N2O5/c1-34(2,3)41-32(37)17-18-39-28-15-13-24(14-16-28)21-36-22-26-19-29(20-27(26)23-36)40-33(38)35-31-12-8-7-11-30(31)25-9-5-4-6-10-25/h4-18,26-27,29H,19-23H2,1-3H3,(H,35,38)/b18-17+/t26-,27+,29?. The van der Waals surface area contributed by atoms with Crippen molar-refractivity contribution in [3.63, 3.8) is 0 Å². The number of hydrogen-bond acceptors (Lipinski definition) is 6. The van der Waals surface area contributed by atoms with Gasteiger partial charge in [0.25, 0.3) is 0 Å². The zero-order valence-electron chi connectivity index (χ0n) is 23.9. The maximum atomic E-state index is 12.8. The molecule has 0 spiro atoms. The highest BCUT2D eigenvalue weighted by Crippen LogP contribution is 2.40. The second-order valence-corrected chi connectivity index (χ2v) is 11.8. The molecule has 41 heavy (non-hydrogen) atoms. The molecule has 2 aliphatic rings. The fraction of sp³-hybridized carbons (Fsp3) is 0.353. The number of nitrogens with one attached hydrogen (secondary N) is 1. The van der Waals surface area contributed by atoms with Crippen molar-refractivity contribution in [3.05, 3.63) is 96.8 Å². The number of amides is 1. The molecule has 0 aromatic heterocycles. The highest BCUT2D eigenvalue weighted by molar-refractivity contribution is 5.91. The second-order valence-electron chi connectivity index (χ2n) is 11.8. The number of anilines is 1. The van der Waals surface area contributed by atoms with Gasteiger partial charge in [0.05, 0.1) is 18.0 Å². The van der Waals surface area contributed by atoms with Gasteiger partial charge in [-0.3, -0.25) is 10.2 Å². The number of likely N-dealkylation sites (tertiary alicyclic amines) is 1. The van der Waals surface area contributed by atoms with Crippen LogP contribution in [0.3, 0.4) is 0 Å². The lowest BCUT2D eigenvalue weighted by Gasteiger charge is -2.20. The number of carbonyl (C=O) groups excluding carboxylic acids is 2. The lowest BCUT2D eigenvalue weighted by Crippen LogP contribution is -2.25. The molecular formula is C34H38N2O5. The number of nitrogens with zero attached hydrogens (tertiary/aromatic N) is 1. The van der Waals surface area contributed by atoms with Crippen molar-refractivity contribution in [1.29, 1.82) is 0 Å². The number of rotatable bonds is 8. The number of fused-ring (bicyclic) bond motifs is 1. The van der Waals surface area contributed by atoms with Crippen LogP contribution in [0.1, 0.15) is 39.2 Å². The van der Waals surface area contributed by atoms with Gasteiger partial charge >= 0.3 is 12.1 Å². The molecule has 1 N–H and O–H groups in total. The van der Waals surface area contributed by atoms with Crippen molar-refractivity contribution < 1.29 is 23.8 Å². The molecule has 3 aromatic rings. The molecule has 1 saturated heterocycles. The fourth-order valence-corrected chi connectivity index (χ4v) is 5.75. The largest absolute Gasteiger partial charge is 0.465 e. The lowest BCUT2D eigenvalue weighted by atomic mass is 10.0. The Kier molecular flexibility index (Phi) is 8.74. The SMILES string of the molecule is CC(C)(C)OC(=O)/C=C/Oc1ccc(CN2C[C@H]3CC(OC(=O)Nc4ccccc4-c4ccccc4)C[C@H]3C2)cc1. The number of ether oxygens (including phenoxy) is 3. The first-order chi connectivity index (χ1) is 19.7. The summed E-state index contributed by atoms with van der Waals surface area (Å²) in [6.45, 7) is 8.34. The number of para-hydroxylation sites is 1. The second kappa shape index (κ2) is 12.6. The van der Waals surface area contributed by atoms with Crippen LogP contribution in [-0.4, -0.2) is 41.8 Å². The molecule has 1 aliphatic carbocycles. The first kappa shape index (κ1) is 28.4. The van der Waals surface area contributed by atoms with Crippen LogP contribution in [0.2, 0.25) is 0 Å². The summed E-state index contributed by atoms with van der Waals surface area (Å²) in [7, 11) is 0. The number of benzene rings is 3. The number of esters is 1. The van der Waals surface area contributed by atoms with E-state index in [0.29, 0.717) is 17.6 Å². The zero-order chi connectivity index (χ0) is 28.8. The average Bonchev–Trinajstić information content (AvgIpc) is 3.47. The zero-order valence-corrected chi connectivity index (χ0v) is 23.9. The Balaban J connectivity index is 1.06. The van der Waals surface area contributed by atoms with Gasteiger partial charge < -0.3 is 14.2 Å². The van der Waals surface area contributed by atoms with Crippen LogP contribution >= 0.6 is 0 Å². The molecule has 7 heteroatoms. The van der Waals surface area contributed by atoms with E-state index in [9.17, 15) is 9.59 Å². The maximum absolute atomic E-state index is 12.8. The Morgan fingerprint density at radius 2 is 1.56 bits per heavy atom. The van der Waals surface area contributed by atoms with Crippen LogP contribution in [0, 0.1) is 11.8 Å². The van der Waals surface area contributed by atoms with Gasteiger partial charge in [-0.05, 0) is 74.8 Å². The third-order valence-corrected chi connectivity index (χ3v) is 7.45. The third kappa shape index (κ3) is 7.98. The summed E-state index contributed by atoms with van der Waals surface area (Å²) in [4.78, 5) is 27.0. The molecule has 1 unspecified atom stereocenters. The van der Waals surface area contributed by atoms with Crippen molar-refractivity contribution in [1.82, 2.24) is 4.90 Å². The minimum atomic E-state index is -0.532. The van der Waals surface area contributed by atoms with E-state index in [1.54, 1.807) is 0 Å². The molecular weight excluding hydrogens is 516 g/mol. The summed E-state index contributed by atoms with van der Waals surface area (Å²) in [6.07, 6.45) is 3.98. The van der Waals surface area contributed by atoms with Gasteiger partial charge in [-0.1, -0.05) is 60.7 Å². The lowest BCUT2D eigenvalue weighted by molar-refractivity contribution is -0.148. The van der Waals surface area contributed by atoms with Crippen molar-refractivity contribution in [2.45, 2.75) is 51.9 Å². The molecule has 0 radical (unpaired) electrons. The van der Waals surface area contributed by atoms with Gasteiger partial charge in [-0.15, -0.1) is 0 Å². The molecule has 1 aliphatic heterocycles. The summed E-state index contributed by atoms with van der Waals surface area (Å²) in [5, 5.41) is 2.97. The van der Waals surface area contributed by atoms with Crippen LogP contribution in [0.15, 0.2) is 91.2 Å². The van der Waals surface area contributed by atoms with E-state index >= 15 is 0 Å². The van der Waals surface area contributed by atoms with Gasteiger partial charge in [0.1, 0.15) is 17.5 Å². The Hall–Kier alpha value is -4.10. The van der Waals surface area contributed by atoms with Gasteiger partial charge in [-0.25, -0.2) is 9.59 Å². The Morgan fingerprint density at radius 1 is 0.902 bits per heavy atom. The molecule has 214 valence electrons. The van der Waals surface area contributed by atoms with E-state index in [-0.39, 0.29) is 6.10 Å². The predicted octanol–water partition coefficient (Wildman–Crippen LogP) is 7.05. The highest BCUT2D eigenvalue weighted by Gasteiger charge is 2.42. The summed E-state index contributed by atoms with van der Waals surface area (Å²) < 4.78 is 16.6. The van der Waals surface area contributed by atoms with E-state index in [1.807, 2.05) is 99.6 Å². The summed E-state index contributed by atoms with van der Waals surface area (Å²) >= 11 is 0. The van der Waals surface area contributed by atoms with Crippen LogP contribution in [-0.2, 0) is 20.8 Å². The van der Waals surface area contributed by atoms with Gasteiger partial charge in [0.15, 0.2) is 0 Å². The normalized spacial score (nSPS) is 20.5. The molecule has 1 amide bonds. The van der Waals surface area contributed by atoms with Gasteiger partial charge in [-0.2, -0.15) is 0 Å². The van der Waals surface area contributed by atoms with Crippen LogP contribution in [0.5, 0.6) is 5.75 Å². The van der Waals surface area contributed by atoms with E-state index in [1.165, 1.54) is 17.9 Å². The molecule has 5 rings (SSSR count). The minimum Gasteiger partial charge on any atom is -0.465 e. The highest BCUT2D eigenvalue weighted by atomic mass is 16.6. The molecule has 2 fully saturated rings. The monoisotopic (exact) mass is 554 g/mol. The van der Waals surface area contributed by atoms with Crippen molar-refractivity contribution in [2.75, 3.05) is 18.4 Å². The van der Waals surface area contributed by atoms with Crippen LogP contribution in [0.25, 0.3) is 11.1 Å². The summed E-state index contributed by atoms with van der Waals surface area (Å²) in [5.74, 6) is 1.29. The first-order valence-electron chi connectivity index (χ1n) is 14.2. The molecule has 3 atom stereocenters. The third-order valence-electron chi connectivity index (χ3n) is 7.45. The smallest absolute Gasteiger partial charge is 0.411 e. The van der Waals surface area contributed by atoms with Crippen LogP contribution in [0.4, 0.5) is 10.5 Å². The minimum absolute atomic E-state index is 0.0544. The summed E-state index contributed by atoms with van der Waals surface area (Å²) in [6, 6.07) is 25.7. The van der Waals surface area contributed by atoms with E-state index in [0.717, 1.165) is 49.3 Å². The summed E-state index contributed by atoms with van der Waals surface area (Å²) in [5.41, 5.74) is 3.45. The average molecular weight is 555 g/mol. The molecule has 0 bridgehead atoms.